The summed E-state index contributed by atoms with van der Waals surface area (Å²) in [5, 5.41) is 0. The zero-order chi connectivity index (χ0) is 9.38. The Balaban J connectivity index is 1.94. The van der Waals surface area contributed by atoms with E-state index in [4.69, 9.17) is 4.74 Å². The van der Waals surface area contributed by atoms with Gasteiger partial charge in [-0.3, -0.25) is 0 Å². The van der Waals surface area contributed by atoms with Gasteiger partial charge in [-0.1, -0.05) is 6.07 Å². The van der Waals surface area contributed by atoms with Crippen molar-refractivity contribution in [3.05, 3.63) is 23.9 Å². The molecule has 3 rings (SSSR count). The molecule has 0 bridgehead atoms. The summed E-state index contributed by atoms with van der Waals surface area (Å²) < 4.78 is 5.33. The van der Waals surface area contributed by atoms with Crippen LogP contribution in [0.15, 0.2) is 18.3 Å². The first-order chi connectivity index (χ1) is 6.95. The summed E-state index contributed by atoms with van der Waals surface area (Å²) >= 11 is 0. The molecule has 1 atom stereocenters. The first-order valence-electron chi connectivity index (χ1n) is 5.26. The maximum atomic E-state index is 5.33. The van der Waals surface area contributed by atoms with Gasteiger partial charge >= 0.3 is 0 Å². The van der Waals surface area contributed by atoms with Crippen LogP contribution in [0.25, 0.3) is 0 Å². The van der Waals surface area contributed by atoms with E-state index in [-0.39, 0.29) is 0 Å². The summed E-state index contributed by atoms with van der Waals surface area (Å²) in [4.78, 5) is 6.84. The third-order valence-corrected chi connectivity index (χ3v) is 2.90. The van der Waals surface area contributed by atoms with Crippen molar-refractivity contribution < 1.29 is 4.74 Å². The minimum Gasteiger partial charge on any atom is -0.368 e. The van der Waals surface area contributed by atoms with Gasteiger partial charge in [-0.15, -0.1) is 0 Å². The largest absolute Gasteiger partial charge is 0.368 e. The molecule has 14 heavy (non-hydrogen) atoms. The van der Waals surface area contributed by atoms with Crippen molar-refractivity contribution in [2.75, 3.05) is 24.6 Å². The molecule has 0 radical (unpaired) electrons. The highest BCUT2D eigenvalue weighted by atomic mass is 16.6. The number of pyridine rings is 1. The van der Waals surface area contributed by atoms with Crippen LogP contribution in [-0.4, -0.2) is 24.7 Å². The summed E-state index contributed by atoms with van der Waals surface area (Å²) in [5.74, 6) is 1.15. The molecule has 0 unspecified atom stereocenters. The third kappa shape index (κ3) is 1.38. The van der Waals surface area contributed by atoms with E-state index in [2.05, 4.69) is 16.0 Å². The molecule has 3 heteroatoms. The van der Waals surface area contributed by atoms with Gasteiger partial charge in [-0.05, 0) is 18.9 Å². The Morgan fingerprint density at radius 3 is 2.86 bits per heavy atom. The molecule has 0 saturated carbocycles. The highest BCUT2D eigenvalue weighted by Crippen LogP contribution is 2.36. The quantitative estimate of drug-likeness (QED) is 0.665. The highest BCUT2D eigenvalue weighted by molar-refractivity contribution is 5.49. The third-order valence-electron chi connectivity index (χ3n) is 2.90. The van der Waals surface area contributed by atoms with E-state index in [0.29, 0.717) is 6.10 Å². The van der Waals surface area contributed by atoms with E-state index in [9.17, 15) is 0 Å². The monoisotopic (exact) mass is 190 g/mol. The van der Waals surface area contributed by atoms with E-state index in [0.717, 1.165) is 25.5 Å². The standard InChI is InChI=1S/C11H14N2O/c1-2-7-13(6-1)11-9(10-8-14-10)4-3-5-12-11/h3-5,10H,1-2,6-8H2/t10-/m0/s1. The van der Waals surface area contributed by atoms with Crippen LogP contribution in [0.1, 0.15) is 24.5 Å². The van der Waals surface area contributed by atoms with Crippen molar-refractivity contribution in [2.45, 2.75) is 18.9 Å². The summed E-state index contributed by atoms with van der Waals surface area (Å²) in [6.07, 6.45) is 4.78. The van der Waals surface area contributed by atoms with Crippen LogP contribution in [0.4, 0.5) is 5.82 Å². The maximum Gasteiger partial charge on any atom is 0.134 e. The molecule has 0 spiro atoms. The van der Waals surface area contributed by atoms with E-state index in [1.54, 1.807) is 0 Å². The number of anilines is 1. The molecule has 2 aliphatic rings. The van der Waals surface area contributed by atoms with Crippen LogP contribution in [-0.2, 0) is 4.74 Å². The molecule has 3 nitrogen and oxygen atoms in total. The minimum absolute atomic E-state index is 0.319. The first kappa shape index (κ1) is 8.24. The Morgan fingerprint density at radius 2 is 2.14 bits per heavy atom. The molecule has 1 aromatic rings. The number of nitrogens with zero attached hydrogens (tertiary/aromatic N) is 2. The lowest BCUT2D eigenvalue weighted by Crippen LogP contribution is -2.20. The maximum absolute atomic E-state index is 5.33. The molecule has 2 saturated heterocycles. The number of ether oxygens (including phenoxy) is 1. The van der Waals surface area contributed by atoms with E-state index in [1.807, 2.05) is 12.3 Å². The fraction of sp³-hybridized carbons (Fsp3) is 0.545. The molecule has 3 heterocycles. The summed E-state index contributed by atoms with van der Waals surface area (Å²) in [7, 11) is 0. The van der Waals surface area contributed by atoms with Crippen molar-refractivity contribution >= 4 is 5.82 Å². The zero-order valence-electron chi connectivity index (χ0n) is 8.15. The number of rotatable bonds is 2. The predicted molar refractivity (Wildman–Crippen MR) is 54.4 cm³/mol. The molecule has 2 fully saturated rings. The molecular formula is C11H14N2O. The molecule has 2 aliphatic heterocycles. The van der Waals surface area contributed by atoms with Gasteiger partial charge in [0, 0.05) is 24.8 Å². The molecule has 0 N–H and O–H groups in total. The average Bonchev–Trinajstić information content (AvgIpc) is 2.94. The molecule has 0 amide bonds. The smallest absolute Gasteiger partial charge is 0.134 e. The number of hydrogen-bond donors (Lipinski definition) is 0. The first-order valence-corrected chi connectivity index (χ1v) is 5.26. The van der Waals surface area contributed by atoms with Crippen LogP contribution >= 0.6 is 0 Å². The van der Waals surface area contributed by atoms with Gasteiger partial charge in [-0.2, -0.15) is 0 Å². The van der Waals surface area contributed by atoms with Crippen LogP contribution in [0, 0.1) is 0 Å². The van der Waals surface area contributed by atoms with Gasteiger partial charge in [0.05, 0.1) is 6.61 Å². The second-order valence-electron chi connectivity index (χ2n) is 3.93. The molecule has 74 valence electrons. The lowest BCUT2D eigenvalue weighted by atomic mass is 10.2. The summed E-state index contributed by atoms with van der Waals surface area (Å²) in [5.41, 5.74) is 1.27. The van der Waals surface area contributed by atoms with Crippen molar-refractivity contribution in [1.29, 1.82) is 0 Å². The van der Waals surface area contributed by atoms with Gasteiger partial charge in [-0.25, -0.2) is 4.98 Å². The van der Waals surface area contributed by atoms with Gasteiger partial charge in [0.15, 0.2) is 0 Å². The lowest BCUT2D eigenvalue weighted by Gasteiger charge is -2.18. The van der Waals surface area contributed by atoms with Gasteiger partial charge < -0.3 is 9.64 Å². The SMILES string of the molecule is c1cnc(N2CCCC2)c([C@@H]2CO2)c1. The predicted octanol–water partition coefficient (Wildman–Crippen LogP) is 1.75. The van der Waals surface area contributed by atoms with Crippen LogP contribution in [0.2, 0.25) is 0 Å². The van der Waals surface area contributed by atoms with Crippen molar-refractivity contribution in [3.8, 4) is 0 Å². The number of epoxide rings is 1. The number of aromatic nitrogens is 1. The molecule has 0 aliphatic carbocycles. The van der Waals surface area contributed by atoms with Crippen molar-refractivity contribution in [3.63, 3.8) is 0 Å². The van der Waals surface area contributed by atoms with E-state index in [1.165, 1.54) is 18.4 Å². The molecule has 1 aromatic heterocycles. The lowest BCUT2D eigenvalue weighted by molar-refractivity contribution is 0.415. The Labute approximate surface area is 83.7 Å². The molecular weight excluding hydrogens is 176 g/mol. The summed E-state index contributed by atoms with van der Waals surface area (Å²) in [6, 6.07) is 4.13. The van der Waals surface area contributed by atoms with Gasteiger partial charge in [0.1, 0.15) is 11.9 Å². The van der Waals surface area contributed by atoms with Crippen LogP contribution < -0.4 is 4.90 Å². The molecule has 0 aromatic carbocycles. The van der Waals surface area contributed by atoms with Crippen LogP contribution in [0.3, 0.4) is 0 Å². The summed E-state index contributed by atoms with van der Waals surface area (Å²) in [6.45, 7) is 3.17. The fourth-order valence-electron chi connectivity index (χ4n) is 2.08. The second-order valence-corrected chi connectivity index (χ2v) is 3.93. The Kier molecular flexibility index (Phi) is 1.91. The van der Waals surface area contributed by atoms with Gasteiger partial charge in [0.25, 0.3) is 0 Å². The van der Waals surface area contributed by atoms with E-state index >= 15 is 0 Å². The fourth-order valence-corrected chi connectivity index (χ4v) is 2.08. The number of hydrogen-bond acceptors (Lipinski definition) is 3. The normalized spacial score (nSPS) is 25.4. The van der Waals surface area contributed by atoms with Crippen LogP contribution in [0.5, 0.6) is 0 Å². The average molecular weight is 190 g/mol. The topological polar surface area (TPSA) is 28.7 Å². The minimum atomic E-state index is 0.319. The van der Waals surface area contributed by atoms with Crippen molar-refractivity contribution in [1.82, 2.24) is 4.98 Å². The second kappa shape index (κ2) is 3.24. The van der Waals surface area contributed by atoms with Crippen molar-refractivity contribution in [2.24, 2.45) is 0 Å². The Bertz CT molecular complexity index is 330. The zero-order valence-corrected chi connectivity index (χ0v) is 8.15. The Hall–Kier alpha value is -1.09. The highest BCUT2D eigenvalue weighted by Gasteiger charge is 2.30. The van der Waals surface area contributed by atoms with Gasteiger partial charge in [0.2, 0.25) is 0 Å². The van der Waals surface area contributed by atoms with E-state index < -0.39 is 0 Å². The Morgan fingerprint density at radius 1 is 1.36 bits per heavy atom.